The first-order chi connectivity index (χ1) is 12.5. The van der Waals surface area contributed by atoms with Gasteiger partial charge in [-0.25, -0.2) is 0 Å². The van der Waals surface area contributed by atoms with Gasteiger partial charge in [0.05, 0.1) is 4.88 Å². The molecule has 0 aliphatic carbocycles. The van der Waals surface area contributed by atoms with Crippen molar-refractivity contribution in [2.45, 2.75) is 19.3 Å². The quantitative estimate of drug-likeness (QED) is 0.799. The molecule has 0 bridgehead atoms. The van der Waals surface area contributed by atoms with Crippen molar-refractivity contribution in [2.75, 3.05) is 19.6 Å². The fraction of sp³-hybridized carbons (Fsp3) is 0.368. The van der Waals surface area contributed by atoms with E-state index in [2.05, 4.69) is 5.32 Å². The van der Waals surface area contributed by atoms with Gasteiger partial charge in [-0.15, -0.1) is 11.3 Å². The topological polar surface area (TPSA) is 49.4 Å². The molecular weight excluding hydrogens is 391 g/mol. The monoisotopic (exact) mass is 410 g/mol. The van der Waals surface area contributed by atoms with Crippen LogP contribution in [0, 0.1) is 5.92 Å². The van der Waals surface area contributed by atoms with Gasteiger partial charge < -0.3 is 10.2 Å². The summed E-state index contributed by atoms with van der Waals surface area (Å²) in [6, 6.07) is 9.11. The third-order valence-corrected chi connectivity index (χ3v) is 6.04. The number of rotatable bonds is 5. The van der Waals surface area contributed by atoms with Crippen molar-refractivity contribution in [2.24, 2.45) is 5.92 Å². The van der Waals surface area contributed by atoms with Crippen molar-refractivity contribution in [3.63, 3.8) is 0 Å². The van der Waals surface area contributed by atoms with E-state index < -0.39 is 0 Å². The summed E-state index contributed by atoms with van der Waals surface area (Å²) in [5.74, 6) is 0.0811. The zero-order valence-corrected chi connectivity index (χ0v) is 16.5. The van der Waals surface area contributed by atoms with E-state index in [-0.39, 0.29) is 17.7 Å². The summed E-state index contributed by atoms with van der Waals surface area (Å²) in [5, 5.41) is 6.11. The van der Waals surface area contributed by atoms with Crippen LogP contribution < -0.4 is 5.32 Å². The lowest BCUT2D eigenvalue weighted by Gasteiger charge is -2.31. The van der Waals surface area contributed by atoms with E-state index in [9.17, 15) is 9.59 Å². The SMILES string of the molecule is O=C(NCCc1ccc(Cl)cc1Cl)C1CCN(C(=O)c2cccs2)CC1. The van der Waals surface area contributed by atoms with E-state index in [0.29, 0.717) is 48.9 Å². The molecule has 7 heteroatoms. The first-order valence-electron chi connectivity index (χ1n) is 8.59. The minimum absolute atomic E-state index is 0.0388. The standard InChI is InChI=1S/C19H20Cl2N2O2S/c20-15-4-3-13(16(21)12-15)5-8-22-18(24)14-6-9-23(10-7-14)19(25)17-2-1-11-26-17/h1-4,11-12,14H,5-10H2,(H,22,24). The molecule has 0 spiro atoms. The van der Waals surface area contributed by atoms with Crippen LogP contribution in [0.2, 0.25) is 10.0 Å². The number of nitrogens with zero attached hydrogens (tertiary/aromatic N) is 1. The van der Waals surface area contributed by atoms with Crippen molar-refractivity contribution in [3.05, 3.63) is 56.2 Å². The number of halogens is 2. The highest BCUT2D eigenvalue weighted by Crippen LogP contribution is 2.22. The molecule has 2 heterocycles. The van der Waals surface area contributed by atoms with Gasteiger partial charge in [-0.05, 0) is 48.4 Å². The third kappa shape index (κ3) is 4.78. The van der Waals surface area contributed by atoms with Crippen LogP contribution in [0.5, 0.6) is 0 Å². The lowest BCUT2D eigenvalue weighted by atomic mass is 9.95. The molecule has 2 amide bonds. The lowest BCUT2D eigenvalue weighted by molar-refractivity contribution is -0.126. The molecule has 0 radical (unpaired) electrons. The Balaban J connectivity index is 1.43. The van der Waals surface area contributed by atoms with E-state index in [1.165, 1.54) is 11.3 Å². The Morgan fingerprint density at radius 2 is 1.96 bits per heavy atom. The second-order valence-electron chi connectivity index (χ2n) is 6.32. The predicted octanol–water partition coefficient (Wildman–Crippen LogP) is 4.27. The van der Waals surface area contributed by atoms with Crippen LogP contribution >= 0.6 is 34.5 Å². The fourth-order valence-electron chi connectivity index (χ4n) is 3.09. The van der Waals surface area contributed by atoms with Crippen molar-refractivity contribution < 1.29 is 9.59 Å². The number of nitrogens with one attached hydrogen (secondary N) is 1. The summed E-state index contributed by atoms with van der Waals surface area (Å²) in [6.45, 7) is 1.78. The zero-order chi connectivity index (χ0) is 18.5. The first kappa shape index (κ1) is 19.2. The number of hydrogen-bond donors (Lipinski definition) is 1. The Hall–Kier alpha value is -1.56. The maximum absolute atomic E-state index is 12.4. The zero-order valence-electron chi connectivity index (χ0n) is 14.2. The van der Waals surface area contributed by atoms with Gasteiger partial charge in [-0.2, -0.15) is 0 Å². The minimum Gasteiger partial charge on any atom is -0.356 e. The van der Waals surface area contributed by atoms with Crippen molar-refractivity contribution in [1.29, 1.82) is 0 Å². The molecule has 1 saturated heterocycles. The number of carbonyl (C=O) groups is 2. The lowest BCUT2D eigenvalue weighted by Crippen LogP contribution is -2.43. The average molecular weight is 411 g/mol. The van der Waals surface area contributed by atoms with Crippen molar-refractivity contribution in [1.82, 2.24) is 10.2 Å². The molecule has 3 rings (SSSR count). The van der Waals surface area contributed by atoms with Gasteiger partial charge in [0.15, 0.2) is 0 Å². The largest absolute Gasteiger partial charge is 0.356 e. The highest BCUT2D eigenvalue weighted by molar-refractivity contribution is 7.12. The Labute approximate surface area is 167 Å². The van der Waals surface area contributed by atoms with Crippen molar-refractivity contribution >= 4 is 46.4 Å². The van der Waals surface area contributed by atoms with Gasteiger partial charge in [0.25, 0.3) is 5.91 Å². The highest BCUT2D eigenvalue weighted by atomic mass is 35.5. The van der Waals surface area contributed by atoms with E-state index in [4.69, 9.17) is 23.2 Å². The number of piperidine rings is 1. The third-order valence-electron chi connectivity index (χ3n) is 4.59. The number of benzene rings is 1. The number of thiophene rings is 1. The molecule has 1 aromatic carbocycles. The summed E-state index contributed by atoms with van der Waals surface area (Å²) >= 11 is 13.5. The molecule has 0 unspecified atom stereocenters. The van der Waals surface area contributed by atoms with Crippen molar-refractivity contribution in [3.8, 4) is 0 Å². The van der Waals surface area contributed by atoms with Crippen LogP contribution in [0.1, 0.15) is 28.1 Å². The van der Waals surface area contributed by atoms with Crippen LogP contribution in [0.15, 0.2) is 35.7 Å². The second kappa shape index (κ2) is 8.89. The summed E-state index contributed by atoms with van der Waals surface area (Å²) in [6.07, 6.45) is 2.06. The smallest absolute Gasteiger partial charge is 0.263 e. The highest BCUT2D eigenvalue weighted by Gasteiger charge is 2.27. The fourth-order valence-corrected chi connectivity index (χ4v) is 4.28. The summed E-state index contributed by atoms with van der Waals surface area (Å²) < 4.78 is 0. The average Bonchev–Trinajstić information content (AvgIpc) is 3.17. The predicted molar refractivity (Wildman–Crippen MR) is 106 cm³/mol. The van der Waals surface area contributed by atoms with Gasteiger partial charge in [-0.3, -0.25) is 9.59 Å². The molecule has 1 N–H and O–H groups in total. The molecule has 1 aliphatic rings. The van der Waals surface area contributed by atoms with Gasteiger partial charge in [0.1, 0.15) is 0 Å². The molecule has 1 fully saturated rings. The van der Waals surface area contributed by atoms with Gasteiger partial charge in [0, 0.05) is 35.6 Å². The molecule has 2 aromatic rings. The summed E-state index contributed by atoms with van der Waals surface area (Å²) in [4.78, 5) is 27.3. The number of amides is 2. The maximum Gasteiger partial charge on any atom is 0.263 e. The molecule has 4 nitrogen and oxygen atoms in total. The molecule has 0 atom stereocenters. The van der Waals surface area contributed by atoms with Crippen LogP contribution in [0.4, 0.5) is 0 Å². The Bertz CT molecular complexity index is 772. The van der Waals surface area contributed by atoms with Crippen LogP contribution in [0.25, 0.3) is 0 Å². The second-order valence-corrected chi connectivity index (χ2v) is 8.11. The van der Waals surface area contributed by atoms with E-state index in [1.807, 2.05) is 28.5 Å². The Kier molecular flexibility index (Phi) is 6.57. The molecule has 1 aliphatic heterocycles. The van der Waals surface area contributed by atoms with Crippen LogP contribution in [-0.4, -0.2) is 36.3 Å². The van der Waals surface area contributed by atoms with Crippen LogP contribution in [0.3, 0.4) is 0 Å². The first-order valence-corrected chi connectivity index (χ1v) is 10.2. The number of hydrogen-bond acceptors (Lipinski definition) is 3. The van der Waals surface area contributed by atoms with Gasteiger partial charge in [-0.1, -0.05) is 35.3 Å². The Morgan fingerprint density at radius 1 is 1.19 bits per heavy atom. The molecule has 1 aromatic heterocycles. The van der Waals surface area contributed by atoms with Gasteiger partial charge >= 0.3 is 0 Å². The normalized spacial score (nSPS) is 15.1. The molecular formula is C19H20Cl2N2O2S. The van der Waals surface area contributed by atoms with E-state index in [0.717, 1.165) is 10.4 Å². The molecule has 138 valence electrons. The molecule has 0 saturated carbocycles. The summed E-state index contributed by atoms with van der Waals surface area (Å²) in [5.41, 5.74) is 0.965. The van der Waals surface area contributed by atoms with Crippen LogP contribution in [-0.2, 0) is 11.2 Å². The number of likely N-dealkylation sites (tertiary alicyclic amines) is 1. The maximum atomic E-state index is 12.4. The number of carbonyl (C=O) groups excluding carboxylic acids is 2. The molecule has 26 heavy (non-hydrogen) atoms. The minimum atomic E-state index is -0.0388. The van der Waals surface area contributed by atoms with E-state index in [1.54, 1.807) is 12.1 Å². The Morgan fingerprint density at radius 3 is 2.62 bits per heavy atom. The van der Waals surface area contributed by atoms with Gasteiger partial charge in [0.2, 0.25) is 5.91 Å². The summed E-state index contributed by atoms with van der Waals surface area (Å²) in [7, 11) is 0. The van der Waals surface area contributed by atoms with E-state index >= 15 is 0 Å².